The number of nitro groups is 1. The van der Waals surface area contributed by atoms with Crippen molar-refractivity contribution in [2.75, 3.05) is 0 Å². The molecule has 0 aliphatic heterocycles. The molecule has 0 saturated carbocycles. The lowest BCUT2D eigenvalue weighted by Gasteiger charge is -2.16. The van der Waals surface area contributed by atoms with Crippen LogP contribution in [0.1, 0.15) is 5.56 Å². The highest BCUT2D eigenvalue weighted by atomic mass is 32.2. The molecule has 0 atom stereocenters. The van der Waals surface area contributed by atoms with E-state index in [1.807, 2.05) is 0 Å². The summed E-state index contributed by atoms with van der Waals surface area (Å²) in [5.41, 5.74) is 1.43. The monoisotopic (exact) mass is 387 g/mol. The lowest BCUT2D eigenvalue weighted by Crippen LogP contribution is -2.14. The van der Waals surface area contributed by atoms with Crippen molar-refractivity contribution >= 4 is 32.1 Å². The van der Waals surface area contributed by atoms with E-state index in [1.165, 1.54) is 42.5 Å². The predicted octanol–water partition coefficient (Wildman–Crippen LogP) is 3.28. The van der Waals surface area contributed by atoms with Gasteiger partial charge in [0, 0.05) is 17.7 Å². The van der Waals surface area contributed by atoms with Gasteiger partial charge in [-0.3, -0.25) is 24.0 Å². The molecule has 2 aliphatic rings. The Labute approximate surface area is 153 Å². The summed E-state index contributed by atoms with van der Waals surface area (Å²) in [5, 5.41) is 18.8. The molecule has 0 radical (unpaired) electrons. The van der Waals surface area contributed by atoms with Crippen LogP contribution in [0.3, 0.4) is 0 Å². The number of benzene rings is 1. The summed E-state index contributed by atoms with van der Waals surface area (Å²) >= 11 is 0. The summed E-state index contributed by atoms with van der Waals surface area (Å²) in [5.74, 6) is -0.435. The molecule has 0 unspecified atom stereocenters. The van der Waals surface area contributed by atoms with Gasteiger partial charge in [-0.25, -0.2) is 4.21 Å². The van der Waals surface area contributed by atoms with Crippen molar-refractivity contribution in [2.24, 2.45) is 10.2 Å². The SMILES string of the molecule is Cc1cc(N=NC2=C3C=CC(=S(=O)(O)O)C=C3C=CC2=O)cc([N+](=O)[O-])c1. The molecule has 1 aromatic carbocycles. The summed E-state index contributed by atoms with van der Waals surface area (Å²) in [7, 11) is -4.14. The molecule has 0 fully saturated rings. The van der Waals surface area contributed by atoms with Crippen molar-refractivity contribution in [3.63, 3.8) is 0 Å². The fourth-order valence-corrected chi connectivity index (χ4v) is 3.08. The van der Waals surface area contributed by atoms with Gasteiger partial charge in [-0.1, -0.05) is 12.2 Å². The van der Waals surface area contributed by atoms with Gasteiger partial charge in [0.25, 0.3) is 5.69 Å². The third-order valence-electron chi connectivity index (χ3n) is 3.76. The minimum Gasteiger partial charge on any atom is -0.293 e. The molecular formula is C17H13N3O6S. The van der Waals surface area contributed by atoms with Crippen LogP contribution in [0.5, 0.6) is 0 Å². The zero-order chi connectivity index (χ0) is 19.8. The molecule has 0 spiro atoms. The molecule has 2 N–H and O–H groups in total. The van der Waals surface area contributed by atoms with E-state index in [0.29, 0.717) is 16.7 Å². The Morgan fingerprint density at radius 2 is 1.81 bits per heavy atom. The summed E-state index contributed by atoms with van der Waals surface area (Å²) in [4.78, 5) is 22.3. The molecule has 9 nitrogen and oxygen atoms in total. The van der Waals surface area contributed by atoms with Crippen LogP contribution in [-0.2, 0) is 14.9 Å². The van der Waals surface area contributed by atoms with E-state index in [9.17, 15) is 28.2 Å². The Bertz CT molecular complexity index is 1140. The first-order valence-corrected chi connectivity index (χ1v) is 9.03. The maximum atomic E-state index is 12.2. The predicted molar refractivity (Wildman–Crippen MR) is 99.2 cm³/mol. The van der Waals surface area contributed by atoms with Crippen LogP contribution in [0.4, 0.5) is 11.4 Å². The first-order valence-electron chi connectivity index (χ1n) is 7.56. The molecule has 0 amide bonds. The molecule has 27 heavy (non-hydrogen) atoms. The molecule has 0 bridgehead atoms. The number of fused-ring (bicyclic) bond motifs is 1. The zero-order valence-corrected chi connectivity index (χ0v) is 14.7. The number of ketones is 1. The van der Waals surface area contributed by atoms with Crippen molar-refractivity contribution in [2.45, 2.75) is 6.92 Å². The van der Waals surface area contributed by atoms with Crippen LogP contribution in [0, 0.1) is 17.0 Å². The van der Waals surface area contributed by atoms with Crippen LogP contribution in [0.25, 0.3) is 0 Å². The fraction of sp³-hybridized carbons (Fsp3) is 0.0588. The van der Waals surface area contributed by atoms with Gasteiger partial charge < -0.3 is 0 Å². The van der Waals surface area contributed by atoms with Crippen LogP contribution >= 0.6 is 0 Å². The van der Waals surface area contributed by atoms with Gasteiger partial charge in [-0.15, -0.1) is 5.11 Å². The topological polar surface area (TPSA) is 142 Å². The molecule has 1 aromatic rings. The molecule has 0 aromatic heterocycles. The molecular weight excluding hydrogens is 374 g/mol. The van der Waals surface area contributed by atoms with E-state index in [0.717, 1.165) is 0 Å². The zero-order valence-electron chi connectivity index (χ0n) is 13.9. The number of azo groups is 1. The highest BCUT2D eigenvalue weighted by Gasteiger charge is 2.22. The summed E-state index contributed by atoms with van der Waals surface area (Å²) in [6.07, 6.45) is 6.51. The number of nitrogens with zero attached hydrogens (tertiary/aromatic N) is 3. The Balaban J connectivity index is 2.05. The lowest BCUT2D eigenvalue weighted by atomic mass is 9.92. The minimum atomic E-state index is -4.14. The average molecular weight is 387 g/mol. The highest BCUT2D eigenvalue weighted by molar-refractivity contribution is 7.92. The summed E-state index contributed by atoms with van der Waals surface area (Å²) < 4.78 is 29.9. The van der Waals surface area contributed by atoms with Gasteiger partial charge in [0.2, 0.25) is 15.9 Å². The van der Waals surface area contributed by atoms with Crippen LogP contribution in [-0.4, -0.2) is 28.9 Å². The van der Waals surface area contributed by atoms with Crippen molar-refractivity contribution in [3.05, 3.63) is 81.1 Å². The third-order valence-corrected chi connectivity index (χ3v) is 4.62. The smallest absolute Gasteiger partial charge is 0.271 e. The van der Waals surface area contributed by atoms with E-state index >= 15 is 0 Å². The second-order valence-electron chi connectivity index (χ2n) is 5.78. The Hall–Kier alpha value is -3.21. The minimum absolute atomic E-state index is 0.0226. The van der Waals surface area contributed by atoms with Gasteiger partial charge in [0.1, 0.15) is 5.70 Å². The summed E-state index contributed by atoms with van der Waals surface area (Å²) in [6.45, 7) is 1.67. The molecule has 138 valence electrons. The standard InChI is InChI=1S/C17H13N3O6S/c1-10-6-12(9-13(7-10)20(22)23)18-19-17-15-4-3-14(27(24,25)26)8-11(15)2-5-16(17)21/h2-9H,1H3,(H2,24,25,26). The number of allylic oxidation sites excluding steroid dienone is 7. The van der Waals surface area contributed by atoms with Gasteiger partial charge >= 0.3 is 0 Å². The maximum Gasteiger partial charge on any atom is 0.271 e. The quantitative estimate of drug-likeness (QED) is 0.353. The average Bonchev–Trinajstić information content (AvgIpc) is 2.59. The Morgan fingerprint density at radius 1 is 1.07 bits per heavy atom. The summed E-state index contributed by atoms with van der Waals surface area (Å²) in [6, 6.07) is 4.20. The Morgan fingerprint density at radius 3 is 2.48 bits per heavy atom. The highest BCUT2D eigenvalue weighted by Crippen LogP contribution is 2.30. The van der Waals surface area contributed by atoms with Crippen LogP contribution < -0.4 is 0 Å². The van der Waals surface area contributed by atoms with E-state index in [1.54, 1.807) is 13.0 Å². The van der Waals surface area contributed by atoms with Crippen molar-refractivity contribution in [1.29, 1.82) is 0 Å². The number of carbonyl (C=O) groups is 1. The fourth-order valence-electron chi connectivity index (χ4n) is 2.55. The lowest BCUT2D eigenvalue weighted by molar-refractivity contribution is -0.384. The normalized spacial score (nSPS) is 16.8. The van der Waals surface area contributed by atoms with Gasteiger partial charge in [-0.05, 0) is 42.4 Å². The first kappa shape index (κ1) is 18.6. The molecule has 10 heteroatoms. The van der Waals surface area contributed by atoms with E-state index in [-0.39, 0.29) is 21.9 Å². The number of nitro benzene ring substituents is 1. The van der Waals surface area contributed by atoms with Crippen molar-refractivity contribution in [3.8, 4) is 0 Å². The van der Waals surface area contributed by atoms with Crippen LogP contribution in [0.15, 0.2) is 75.7 Å². The van der Waals surface area contributed by atoms with E-state index in [2.05, 4.69) is 10.2 Å². The molecule has 0 saturated heterocycles. The van der Waals surface area contributed by atoms with Gasteiger partial charge in [0.05, 0.1) is 15.5 Å². The molecule has 2 aliphatic carbocycles. The van der Waals surface area contributed by atoms with E-state index in [4.69, 9.17) is 0 Å². The van der Waals surface area contributed by atoms with Crippen molar-refractivity contribution < 1.29 is 23.0 Å². The number of non-ortho nitro benzene ring substituents is 1. The largest absolute Gasteiger partial charge is 0.293 e. The van der Waals surface area contributed by atoms with Crippen molar-refractivity contribution in [1.82, 2.24) is 0 Å². The second-order valence-corrected chi connectivity index (χ2v) is 7.24. The number of rotatable bonds is 3. The number of carbonyl (C=O) groups excluding carboxylic acids is 1. The van der Waals surface area contributed by atoms with Crippen LogP contribution in [0.2, 0.25) is 0 Å². The number of aryl methyl sites for hydroxylation is 1. The van der Waals surface area contributed by atoms with Gasteiger partial charge in [0.15, 0.2) is 0 Å². The number of hydrogen-bond acceptors (Lipinski definition) is 6. The van der Waals surface area contributed by atoms with Gasteiger partial charge in [-0.2, -0.15) is 5.11 Å². The molecule has 3 rings (SSSR count). The third kappa shape index (κ3) is 3.97. The maximum absolute atomic E-state index is 12.2. The first-order chi connectivity index (χ1) is 12.6. The molecule has 0 heterocycles. The Kier molecular flexibility index (Phi) is 4.70. The second kappa shape index (κ2) is 6.83. The van der Waals surface area contributed by atoms with E-state index < -0.39 is 20.8 Å². The number of hydrogen-bond donors (Lipinski definition) is 2.